The van der Waals surface area contributed by atoms with Crippen molar-refractivity contribution < 1.29 is 34.7 Å². The molecule has 2 saturated heterocycles. The Kier molecular flexibility index (Phi) is 8.07. The molecule has 2 fully saturated rings. The summed E-state index contributed by atoms with van der Waals surface area (Å²) in [7, 11) is 0. The number of carboxylic acid groups (broad SMARTS) is 1. The van der Waals surface area contributed by atoms with Gasteiger partial charge in [-0.2, -0.15) is 0 Å². The van der Waals surface area contributed by atoms with E-state index in [0.717, 1.165) is 44.8 Å². The standard InChI is InChI=1S/C25H30ClN5O8/c26-16-14-15(5-6-17(16)38-24-21(34)19(32)20(33)22(39-24)23(35)36)29-12-10-28(11-13-29)7-3-9-31-25(37)30-8-2-1-4-18(30)27-31/h1-2,4-6,8,14,19-22,24,32-34H,3,7,9-13H2,(H,35,36)/t19-,20-,21-,22?,24+/m1/s1. The summed E-state index contributed by atoms with van der Waals surface area (Å²) < 4.78 is 13.8. The second kappa shape index (κ2) is 11.5. The van der Waals surface area contributed by atoms with Crippen LogP contribution in [0.2, 0.25) is 5.02 Å². The molecule has 0 bridgehead atoms. The predicted molar refractivity (Wildman–Crippen MR) is 139 cm³/mol. The number of aromatic nitrogens is 3. The van der Waals surface area contributed by atoms with E-state index in [4.69, 9.17) is 21.1 Å². The minimum atomic E-state index is -1.80. The maximum atomic E-state index is 12.4. The number of halogens is 1. The van der Waals surface area contributed by atoms with E-state index in [2.05, 4.69) is 14.9 Å². The molecule has 2 aromatic heterocycles. The van der Waals surface area contributed by atoms with E-state index in [1.54, 1.807) is 36.5 Å². The topological polar surface area (TPSA) is 162 Å². The molecule has 210 valence electrons. The first-order valence-corrected chi connectivity index (χ1v) is 13.0. The zero-order valence-electron chi connectivity index (χ0n) is 20.9. The molecule has 3 aromatic rings. The van der Waals surface area contributed by atoms with Gasteiger partial charge >= 0.3 is 11.7 Å². The first-order valence-electron chi connectivity index (χ1n) is 12.6. The quantitative estimate of drug-likeness (QED) is 0.283. The molecule has 2 aliphatic rings. The number of pyridine rings is 1. The zero-order chi connectivity index (χ0) is 27.7. The fourth-order valence-electron chi connectivity index (χ4n) is 4.84. The van der Waals surface area contributed by atoms with Crippen molar-refractivity contribution in [3.8, 4) is 5.75 Å². The maximum absolute atomic E-state index is 12.4. The van der Waals surface area contributed by atoms with E-state index in [0.29, 0.717) is 12.2 Å². The molecule has 39 heavy (non-hydrogen) atoms. The molecule has 0 spiro atoms. The number of anilines is 1. The molecule has 0 radical (unpaired) electrons. The molecule has 2 aliphatic heterocycles. The summed E-state index contributed by atoms with van der Waals surface area (Å²) in [6.45, 7) is 4.56. The molecule has 0 saturated carbocycles. The molecule has 1 unspecified atom stereocenters. The van der Waals surface area contributed by atoms with Gasteiger partial charge in [0.2, 0.25) is 6.29 Å². The first kappa shape index (κ1) is 27.4. The van der Waals surface area contributed by atoms with Gasteiger partial charge < -0.3 is 34.8 Å². The number of hydrogen-bond acceptors (Lipinski definition) is 10. The summed E-state index contributed by atoms with van der Waals surface area (Å²) in [4.78, 5) is 28.2. The maximum Gasteiger partial charge on any atom is 0.350 e. The summed E-state index contributed by atoms with van der Waals surface area (Å²) in [5.41, 5.74) is 1.36. The minimum Gasteiger partial charge on any atom is -0.479 e. The Morgan fingerprint density at radius 2 is 1.82 bits per heavy atom. The predicted octanol–water partition coefficient (Wildman–Crippen LogP) is -0.367. The molecule has 5 rings (SSSR count). The van der Waals surface area contributed by atoms with Crippen LogP contribution in [0.5, 0.6) is 5.75 Å². The largest absolute Gasteiger partial charge is 0.479 e. The molecule has 4 N–H and O–H groups in total. The lowest BCUT2D eigenvalue weighted by molar-refractivity contribution is -0.271. The number of hydrogen-bond donors (Lipinski definition) is 4. The van der Waals surface area contributed by atoms with Crippen LogP contribution in [0, 0.1) is 0 Å². The van der Waals surface area contributed by atoms with Crippen molar-refractivity contribution in [2.45, 2.75) is 43.7 Å². The van der Waals surface area contributed by atoms with Crippen LogP contribution in [0.25, 0.3) is 5.65 Å². The fraction of sp³-hybridized carbons (Fsp3) is 0.480. The fourth-order valence-corrected chi connectivity index (χ4v) is 5.06. The number of aryl methyl sites for hydroxylation is 1. The number of piperazine rings is 1. The van der Waals surface area contributed by atoms with Crippen LogP contribution in [0.15, 0.2) is 47.4 Å². The third-order valence-electron chi connectivity index (χ3n) is 7.04. The van der Waals surface area contributed by atoms with E-state index in [1.165, 1.54) is 9.08 Å². The Labute approximate surface area is 228 Å². The summed E-state index contributed by atoms with van der Waals surface area (Å²) in [5, 5.41) is 43.8. The number of carboxylic acids is 1. The van der Waals surface area contributed by atoms with E-state index in [9.17, 15) is 30.0 Å². The third kappa shape index (κ3) is 5.73. The van der Waals surface area contributed by atoms with E-state index < -0.39 is 36.7 Å². The summed E-state index contributed by atoms with van der Waals surface area (Å²) in [5.74, 6) is -1.36. The van der Waals surface area contributed by atoms with Crippen LogP contribution in [0.4, 0.5) is 5.69 Å². The van der Waals surface area contributed by atoms with Crippen LogP contribution >= 0.6 is 11.6 Å². The molecule has 4 heterocycles. The van der Waals surface area contributed by atoms with Crippen molar-refractivity contribution in [2.24, 2.45) is 0 Å². The smallest absolute Gasteiger partial charge is 0.350 e. The van der Waals surface area contributed by atoms with Crippen molar-refractivity contribution >= 4 is 28.9 Å². The number of aliphatic carboxylic acids is 1. The van der Waals surface area contributed by atoms with Gasteiger partial charge in [0.25, 0.3) is 0 Å². The Morgan fingerprint density at radius 3 is 2.51 bits per heavy atom. The lowest BCUT2D eigenvalue weighted by Gasteiger charge is -2.38. The lowest BCUT2D eigenvalue weighted by atomic mass is 9.99. The zero-order valence-corrected chi connectivity index (χ0v) is 21.7. The molecule has 13 nitrogen and oxygen atoms in total. The number of aliphatic hydroxyl groups is 3. The molecule has 1 aromatic carbocycles. The van der Waals surface area contributed by atoms with Crippen molar-refractivity contribution in [1.82, 2.24) is 19.1 Å². The second-order valence-electron chi connectivity index (χ2n) is 9.58. The Bertz CT molecular complexity index is 1370. The van der Waals surface area contributed by atoms with E-state index >= 15 is 0 Å². The second-order valence-corrected chi connectivity index (χ2v) is 9.99. The van der Waals surface area contributed by atoms with Gasteiger partial charge in [0.15, 0.2) is 11.8 Å². The molecule has 0 aliphatic carbocycles. The van der Waals surface area contributed by atoms with Crippen LogP contribution < -0.4 is 15.3 Å². The summed E-state index contributed by atoms with van der Waals surface area (Å²) in [6.07, 6.45) is -6.03. The molecule has 5 atom stereocenters. The SMILES string of the molecule is O=C(O)C1O[C@H](Oc2ccc(N3CCN(CCCn4nc5ccccn5c4=O)CC3)cc2Cl)[C@H](O)[C@H](O)[C@H]1O. The minimum absolute atomic E-state index is 0.137. The number of aliphatic hydroxyl groups excluding tert-OH is 3. The van der Waals surface area contributed by atoms with Gasteiger partial charge in [-0.3, -0.25) is 9.30 Å². The van der Waals surface area contributed by atoms with Gasteiger partial charge in [0.05, 0.1) is 5.02 Å². The lowest BCUT2D eigenvalue weighted by Crippen LogP contribution is -2.61. The average Bonchev–Trinajstić information content (AvgIpc) is 3.25. The van der Waals surface area contributed by atoms with Gasteiger partial charge in [0, 0.05) is 51.2 Å². The van der Waals surface area contributed by atoms with Crippen LogP contribution in [-0.4, -0.2) is 109 Å². The third-order valence-corrected chi connectivity index (χ3v) is 7.34. The van der Waals surface area contributed by atoms with Crippen LogP contribution in [0.3, 0.4) is 0 Å². The monoisotopic (exact) mass is 563 g/mol. The van der Waals surface area contributed by atoms with Crippen molar-refractivity contribution in [3.63, 3.8) is 0 Å². The highest BCUT2D eigenvalue weighted by Crippen LogP contribution is 2.33. The number of rotatable bonds is 8. The molecular formula is C25H30ClN5O8. The number of ether oxygens (including phenoxy) is 2. The van der Waals surface area contributed by atoms with Crippen LogP contribution in [0.1, 0.15) is 6.42 Å². The van der Waals surface area contributed by atoms with Gasteiger partial charge in [0.1, 0.15) is 24.1 Å². The Balaban J connectivity index is 1.13. The average molecular weight is 564 g/mol. The van der Waals surface area contributed by atoms with Gasteiger partial charge in [-0.25, -0.2) is 14.3 Å². The van der Waals surface area contributed by atoms with Crippen molar-refractivity contribution in [2.75, 3.05) is 37.6 Å². The van der Waals surface area contributed by atoms with Crippen molar-refractivity contribution in [1.29, 1.82) is 0 Å². The highest BCUT2D eigenvalue weighted by Gasteiger charge is 2.48. The number of carbonyl (C=O) groups is 1. The Morgan fingerprint density at radius 1 is 1.05 bits per heavy atom. The number of benzene rings is 1. The number of nitrogens with zero attached hydrogens (tertiary/aromatic N) is 5. The normalized spacial score (nSPS) is 26.2. The van der Waals surface area contributed by atoms with E-state index in [-0.39, 0.29) is 16.5 Å². The summed E-state index contributed by atoms with van der Waals surface area (Å²) >= 11 is 6.41. The molecule has 0 amide bonds. The highest BCUT2D eigenvalue weighted by molar-refractivity contribution is 6.32. The molecular weight excluding hydrogens is 534 g/mol. The number of fused-ring (bicyclic) bond motifs is 1. The van der Waals surface area contributed by atoms with Gasteiger partial charge in [-0.15, -0.1) is 5.10 Å². The van der Waals surface area contributed by atoms with Gasteiger partial charge in [-0.05, 0) is 36.8 Å². The van der Waals surface area contributed by atoms with Crippen LogP contribution in [-0.2, 0) is 16.1 Å². The van der Waals surface area contributed by atoms with Crippen molar-refractivity contribution in [3.05, 3.63) is 58.1 Å². The first-order chi connectivity index (χ1) is 18.7. The molecule has 14 heteroatoms. The van der Waals surface area contributed by atoms with Gasteiger partial charge in [-0.1, -0.05) is 17.7 Å². The van der Waals surface area contributed by atoms with E-state index in [1.807, 2.05) is 6.07 Å². The highest BCUT2D eigenvalue weighted by atomic mass is 35.5. The summed E-state index contributed by atoms with van der Waals surface area (Å²) in [6, 6.07) is 10.5. The Hall–Kier alpha value is -3.20.